The minimum Gasteiger partial charge on any atom is -0.550 e. The van der Waals surface area contributed by atoms with Gasteiger partial charge in [-0.2, -0.15) is 8.78 Å². The molecule has 0 aliphatic carbocycles. The molecule has 15 heavy (non-hydrogen) atoms. The number of hydrogen-bond acceptors (Lipinski definition) is 4. The number of nitrogens with zero attached hydrogens (tertiary/aromatic N) is 1. The summed E-state index contributed by atoms with van der Waals surface area (Å²) in [5, 5.41) is 10.1. The Kier molecular flexibility index (Phi) is 6.38. The van der Waals surface area contributed by atoms with Crippen LogP contribution in [0.4, 0.5) is 8.78 Å². The van der Waals surface area contributed by atoms with E-state index in [0.29, 0.717) is 0 Å². The van der Waals surface area contributed by atoms with E-state index in [2.05, 4.69) is 9.72 Å². The fourth-order valence-electron chi connectivity index (χ4n) is 0.836. The van der Waals surface area contributed by atoms with Crippen molar-refractivity contribution in [2.45, 2.75) is 13.0 Å². The van der Waals surface area contributed by atoms with E-state index < -0.39 is 12.6 Å². The van der Waals surface area contributed by atoms with E-state index >= 15 is 0 Å². The molecule has 0 fully saturated rings. The molecule has 4 nitrogen and oxygen atoms in total. The normalized spacial score (nSPS) is 9.53. The van der Waals surface area contributed by atoms with Crippen molar-refractivity contribution in [3.8, 4) is 5.75 Å². The van der Waals surface area contributed by atoms with Gasteiger partial charge >= 0.3 is 36.2 Å². The van der Waals surface area contributed by atoms with Gasteiger partial charge in [-0.1, -0.05) is 0 Å². The molecule has 76 valence electrons. The second kappa shape index (κ2) is 6.71. The van der Waals surface area contributed by atoms with Gasteiger partial charge in [0.25, 0.3) is 0 Å². The first-order valence-corrected chi connectivity index (χ1v) is 3.67. The van der Waals surface area contributed by atoms with E-state index in [0.717, 1.165) is 6.20 Å². The number of alkyl halides is 2. The maximum absolute atomic E-state index is 11.7. The number of rotatable bonds is 4. The summed E-state index contributed by atoms with van der Waals surface area (Å²) in [7, 11) is 0. The first kappa shape index (κ1) is 14.3. The fourth-order valence-corrected chi connectivity index (χ4v) is 0.836. The zero-order valence-corrected chi connectivity index (χ0v) is 9.94. The molecule has 0 atom stereocenters. The van der Waals surface area contributed by atoms with Crippen molar-refractivity contribution >= 4 is 5.97 Å². The minimum atomic E-state index is -2.91. The molecule has 0 aliphatic heterocycles. The molecule has 0 radical (unpaired) electrons. The van der Waals surface area contributed by atoms with E-state index in [4.69, 9.17) is 0 Å². The van der Waals surface area contributed by atoms with Crippen LogP contribution in [0.2, 0.25) is 0 Å². The maximum Gasteiger partial charge on any atom is 1.00 e. The summed E-state index contributed by atoms with van der Waals surface area (Å²) in [6, 6.07) is 2.50. The molecule has 1 heterocycles. The number of carbonyl (C=O) groups is 1. The van der Waals surface area contributed by atoms with Crippen molar-refractivity contribution in [1.29, 1.82) is 0 Å². The van der Waals surface area contributed by atoms with Gasteiger partial charge in [-0.15, -0.1) is 0 Å². The Balaban J connectivity index is 0.00000196. The first-order chi connectivity index (χ1) is 6.58. The molecule has 0 aromatic carbocycles. The number of carboxylic acids is 1. The average Bonchev–Trinajstić information content (AvgIpc) is 2.06. The predicted molar refractivity (Wildman–Crippen MR) is 39.6 cm³/mol. The average molecular weight is 225 g/mol. The molecule has 0 saturated carbocycles. The molecule has 0 bridgehead atoms. The van der Waals surface area contributed by atoms with Gasteiger partial charge in [-0.3, -0.25) is 4.98 Å². The summed E-state index contributed by atoms with van der Waals surface area (Å²) in [6.07, 6.45) is 0.680. The number of halogens is 2. The summed E-state index contributed by atoms with van der Waals surface area (Å²) >= 11 is 0. The molecule has 0 saturated heterocycles. The molecule has 0 N–H and O–H groups in total. The quantitative estimate of drug-likeness (QED) is 0.512. The van der Waals surface area contributed by atoms with Crippen molar-refractivity contribution in [3.05, 3.63) is 24.0 Å². The fraction of sp³-hybridized carbons (Fsp3) is 0.250. The number of carboxylic acid groups (broad SMARTS) is 1. The number of ether oxygens (including phenoxy) is 1. The predicted octanol–water partition coefficient (Wildman–Crippen LogP) is -3.02. The standard InChI is InChI=1S/C8H7F2NO3.Na/c9-8(10)14-6-2-1-5(11-4-6)3-7(12)13;/h1-2,4,8H,3H2,(H,12,13);/q;+1/p-1. The van der Waals surface area contributed by atoms with Gasteiger partial charge in [0, 0.05) is 18.1 Å². The molecule has 1 rings (SSSR count). The maximum atomic E-state index is 11.7. The molecule has 1 aromatic rings. The zero-order valence-electron chi connectivity index (χ0n) is 7.94. The third-order valence-electron chi connectivity index (χ3n) is 1.35. The molecular weight excluding hydrogens is 219 g/mol. The Morgan fingerprint density at radius 2 is 2.20 bits per heavy atom. The Hall–Kier alpha value is -0.720. The van der Waals surface area contributed by atoms with Crippen LogP contribution in [-0.4, -0.2) is 17.6 Å². The van der Waals surface area contributed by atoms with Crippen molar-refractivity contribution in [3.63, 3.8) is 0 Å². The number of pyridine rings is 1. The number of hydrogen-bond donors (Lipinski definition) is 0. The summed E-state index contributed by atoms with van der Waals surface area (Å²) in [5.41, 5.74) is 0.228. The number of aromatic nitrogens is 1. The van der Waals surface area contributed by atoms with Crippen molar-refractivity contribution < 1.29 is 53.0 Å². The number of carbonyl (C=O) groups excluding carboxylic acids is 1. The van der Waals surface area contributed by atoms with Crippen LogP contribution in [-0.2, 0) is 11.2 Å². The Bertz CT molecular complexity index is 318. The van der Waals surface area contributed by atoms with Crippen LogP contribution in [0.3, 0.4) is 0 Å². The second-order valence-corrected chi connectivity index (χ2v) is 2.41. The molecule has 0 spiro atoms. The minimum absolute atomic E-state index is 0. The van der Waals surface area contributed by atoms with Gasteiger partial charge in [0.2, 0.25) is 0 Å². The van der Waals surface area contributed by atoms with E-state index in [1.807, 2.05) is 0 Å². The smallest absolute Gasteiger partial charge is 0.550 e. The van der Waals surface area contributed by atoms with Crippen molar-refractivity contribution in [1.82, 2.24) is 4.98 Å². The Labute approximate surface area is 107 Å². The van der Waals surface area contributed by atoms with Crippen LogP contribution < -0.4 is 39.4 Å². The first-order valence-electron chi connectivity index (χ1n) is 3.67. The molecule has 1 aromatic heterocycles. The van der Waals surface area contributed by atoms with Gasteiger partial charge < -0.3 is 14.6 Å². The summed E-state index contributed by atoms with van der Waals surface area (Å²) < 4.78 is 27.4. The van der Waals surface area contributed by atoms with Crippen LogP contribution in [0.1, 0.15) is 5.69 Å². The Morgan fingerprint density at radius 3 is 2.60 bits per heavy atom. The summed E-state index contributed by atoms with van der Waals surface area (Å²) in [4.78, 5) is 13.7. The molecule has 7 heteroatoms. The summed E-state index contributed by atoms with van der Waals surface area (Å²) in [6.45, 7) is -2.91. The SMILES string of the molecule is O=C([O-])Cc1ccc(OC(F)F)cn1.[Na+]. The van der Waals surface area contributed by atoms with E-state index in [9.17, 15) is 18.7 Å². The molecule has 0 unspecified atom stereocenters. The van der Waals surface area contributed by atoms with Gasteiger partial charge in [0.1, 0.15) is 5.75 Å². The second-order valence-electron chi connectivity index (χ2n) is 2.41. The van der Waals surface area contributed by atoms with E-state index in [1.165, 1.54) is 12.1 Å². The van der Waals surface area contributed by atoms with Gasteiger partial charge in [-0.05, 0) is 12.1 Å². The largest absolute Gasteiger partial charge is 1.00 e. The Morgan fingerprint density at radius 1 is 1.53 bits per heavy atom. The third kappa shape index (κ3) is 5.66. The summed E-state index contributed by atoms with van der Waals surface area (Å²) in [5.74, 6) is -1.39. The topological polar surface area (TPSA) is 62.2 Å². The van der Waals surface area contributed by atoms with Gasteiger partial charge in [0.05, 0.1) is 6.20 Å². The van der Waals surface area contributed by atoms with Crippen LogP contribution in [0.25, 0.3) is 0 Å². The molecule has 0 amide bonds. The van der Waals surface area contributed by atoms with Crippen LogP contribution in [0.5, 0.6) is 5.75 Å². The van der Waals surface area contributed by atoms with Gasteiger partial charge in [0.15, 0.2) is 0 Å². The monoisotopic (exact) mass is 225 g/mol. The number of aliphatic carboxylic acids is 1. The zero-order chi connectivity index (χ0) is 10.6. The molecular formula is C8H6F2NNaO3. The van der Waals surface area contributed by atoms with Crippen molar-refractivity contribution in [2.75, 3.05) is 0 Å². The third-order valence-corrected chi connectivity index (χ3v) is 1.35. The van der Waals surface area contributed by atoms with Crippen molar-refractivity contribution in [2.24, 2.45) is 0 Å². The van der Waals surface area contributed by atoms with Gasteiger partial charge in [-0.25, -0.2) is 0 Å². The van der Waals surface area contributed by atoms with Crippen LogP contribution in [0.15, 0.2) is 18.3 Å². The van der Waals surface area contributed by atoms with E-state index in [-0.39, 0.29) is 47.4 Å². The van der Waals surface area contributed by atoms with E-state index in [1.54, 1.807) is 0 Å². The van der Waals surface area contributed by atoms with Crippen LogP contribution in [0, 0.1) is 0 Å². The molecule has 0 aliphatic rings. The van der Waals surface area contributed by atoms with Crippen LogP contribution >= 0.6 is 0 Å².